The maximum absolute atomic E-state index is 15.7. The topological polar surface area (TPSA) is 54.5 Å². The largest absolute Gasteiger partial charge is 0.416 e. The lowest BCUT2D eigenvalue weighted by Gasteiger charge is -2.35. The molecule has 0 saturated carbocycles. The smallest absolute Gasteiger partial charge is 0.365 e. The lowest BCUT2D eigenvalue weighted by Crippen LogP contribution is -2.49. The van der Waals surface area contributed by atoms with Crippen molar-refractivity contribution in [3.05, 3.63) is 47.0 Å². The number of hydrogen-bond donors (Lipinski definition) is 1. The highest BCUT2D eigenvalue weighted by Crippen LogP contribution is 2.35. The monoisotopic (exact) mass is 453 g/mol. The van der Waals surface area contributed by atoms with E-state index in [-0.39, 0.29) is 42.8 Å². The standard InChI is InChI=1S/C23H27F4N3O2/c1-13(2)22(31)28-11-18-17(16-9-14(3)29-15(4)10-16)5-6-19(21(18)24)30-7-8-32-20(12-30)23(25,26)27/h5-6,9-10,13,20H,7-8,11-12H2,1-4H3,(H,28,31)/t20-/m1/s1. The molecular weight excluding hydrogens is 426 g/mol. The van der Waals surface area contributed by atoms with E-state index in [1.807, 2.05) is 26.0 Å². The number of alkyl halides is 3. The van der Waals surface area contributed by atoms with Gasteiger partial charge in [0.1, 0.15) is 0 Å². The first-order chi connectivity index (χ1) is 15.0. The van der Waals surface area contributed by atoms with E-state index in [0.29, 0.717) is 5.56 Å². The lowest BCUT2D eigenvalue weighted by atomic mass is 9.97. The maximum Gasteiger partial charge on any atom is 0.416 e. The molecule has 174 valence electrons. The molecule has 2 aromatic rings. The van der Waals surface area contributed by atoms with Gasteiger partial charge in [0.05, 0.1) is 18.8 Å². The van der Waals surface area contributed by atoms with Crippen LogP contribution < -0.4 is 10.2 Å². The van der Waals surface area contributed by atoms with Crippen molar-refractivity contribution < 1.29 is 27.1 Å². The quantitative estimate of drug-likeness (QED) is 0.676. The van der Waals surface area contributed by atoms with E-state index < -0.39 is 24.6 Å². The van der Waals surface area contributed by atoms with Crippen LogP contribution in [0.1, 0.15) is 30.8 Å². The normalized spacial score (nSPS) is 17.0. The average molecular weight is 453 g/mol. The molecule has 0 radical (unpaired) electrons. The highest BCUT2D eigenvalue weighted by molar-refractivity contribution is 5.79. The number of rotatable bonds is 5. The summed E-state index contributed by atoms with van der Waals surface area (Å²) in [5, 5.41) is 2.72. The summed E-state index contributed by atoms with van der Waals surface area (Å²) in [5.74, 6) is -1.19. The van der Waals surface area contributed by atoms with Gasteiger partial charge in [-0.3, -0.25) is 9.78 Å². The molecule has 3 rings (SSSR count). The van der Waals surface area contributed by atoms with Crippen LogP contribution in [0.15, 0.2) is 24.3 Å². The van der Waals surface area contributed by atoms with Gasteiger partial charge in [-0.05, 0) is 43.2 Å². The Labute approximate surface area is 184 Å². The van der Waals surface area contributed by atoms with Gasteiger partial charge in [0.15, 0.2) is 11.9 Å². The zero-order valence-corrected chi connectivity index (χ0v) is 18.5. The minimum Gasteiger partial charge on any atom is -0.365 e. The maximum atomic E-state index is 15.7. The molecule has 1 aromatic heterocycles. The number of ether oxygens (including phenoxy) is 1. The zero-order chi connectivity index (χ0) is 23.6. The van der Waals surface area contributed by atoms with Crippen LogP contribution in [0.5, 0.6) is 0 Å². The Morgan fingerprint density at radius 3 is 2.50 bits per heavy atom. The van der Waals surface area contributed by atoms with Crippen molar-refractivity contribution in [1.82, 2.24) is 10.3 Å². The number of hydrogen-bond acceptors (Lipinski definition) is 4. The van der Waals surface area contributed by atoms with E-state index in [0.717, 1.165) is 17.0 Å². The molecule has 1 N–H and O–H groups in total. The Balaban J connectivity index is 2.03. The number of halogens is 4. The number of benzene rings is 1. The Kier molecular flexibility index (Phi) is 7.07. The molecule has 32 heavy (non-hydrogen) atoms. The number of aryl methyl sites for hydroxylation is 2. The van der Waals surface area contributed by atoms with Crippen LogP contribution in [0.25, 0.3) is 11.1 Å². The highest BCUT2D eigenvalue weighted by Gasteiger charge is 2.43. The van der Waals surface area contributed by atoms with Crippen LogP contribution in [-0.2, 0) is 16.1 Å². The highest BCUT2D eigenvalue weighted by atomic mass is 19.4. The van der Waals surface area contributed by atoms with Gasteiger partial charge < -0.3 is 15.0 Å². The minimum absolute atomic E-state index is 0.0580. The van der Waals surface area contributed by atoms with Crippen molar-refractivity contribution in [2.24, 2.45) is 5.92 Å². The average Bonchev–Trinajstić information content (AvgIpc) is 2.71. The minimum atomic E-state index is -4.53. The Bertz CT molecular complexity index is 972. The molecule has 1 saturated heterocycles. The molecule has 1 amide bonds. The molecule has 0 bridgehead atoms. The first kappa shape index (κ1) is 24.0. The second-order valence-electron chi connectivity index (χ2n) is 8.28. The molecule has 1 aliphatic rings. The van der Waals surface area contributed by atoms with E-state index in [1.165, 1.54) is 11.0 Å². The van der Waals surface area contributed by atoms with Crippen molar-refractivity contribution in [2.45, 2.75) is 46.5 Å². The number of nitrogens with one attached hydrogen (secondary N) is 1. The van der Waals surface area contributed by atoms with E-state index in [1.54, 1.807) is 19.9 Å². The molecule has 0 aliphatic carbocycles. The van der Waals surface area contributed by atoms with Gasteiger partial charge in [-0.25, -0.2) is 4.39 Å². The second-order valence-corrected chi connectivity index (χ2v) is 8.28. The predicted molar refractivity (Wildman–Crippen MR) is 114 cm³/mol. The fourth-order valence-electron chi connectivity index (χ4n) is 3.73. The van der Waals surface area contributed by atoms with Crippen molar-refractivity contribution in [3.63, 3.8) is 0 Å². The van der Waals surface area contributed by atoms with Crippen molar-refractivity contribution >= 4 is 11.6 Å². The first-order valence-electron chi connectivity index (χ1n) is 10.5. The SMILES string of the molecule is Cc1cc(-c2ccc(N3CCO[C@@H](C(F)(F)F)C3)c(F)c2CNC(=O)C(C)C)cc(C)n1. The molecule has 5 nitrogen and oxygen atoms in total. The Morgan fingerprint density at radius 1 is 1.25 bits per heavy atom. The Hall–Kier alpha value is -2.68. The van der Waals surface area contributed by atoms with Gasteiger partial charge in [0.25, 0.3) is 0 Å². The summed E-state index contributed by atoms with van der Waals surface area (Å²) in [4.78, 5) is 17.8. The molecule has 1 atom stereocenters. The first-order valence-corrected chi connectivity index (χ1v) is 10.5. The summed E-state index contributed by atoms with van der Waals surface area (Å²) < 4.78 is 60.1. The molecular formula is C23H27F4N3O2. The van der Waals surface area contributed by atoms with Crippen LogP contribution in [0.3, 0.4) is 0 Å². The number of nitrogens with zero attached hydrogens (tertiary/aromatic N) is 2. The zero-order valence-electron chi connectivity index (χ0n) is 18.5. The third-order valence-electron chi connectivity index (χ3n) is 5.35. The van der Waals surface area contributed by atoms with Gasteiger partial charge in [0, 0.05) is 36.0 Å². The van der Waals surface area contributed by atoms with Crippen LogP contribution in [0.2, 0.25) is 0 Å². The molecule has 1 aromatic carbocycles. The van der Waals surface area contributed by atoms with Crippen molar-refractivity contribution in [1.29, 1.82) is 0 Å². The van der Waals surface area contributed by atoms with Crippen LogP contribution in [0, 0.1) is 25.6 Å². The third-order valence-corrected chi connectivity index (χ3v) is 5.35. The second kappa shape index (κ2) is 9.44. The molecule has 1 aliphatic heterocycles. The number of amides is 1. The summed E-state index contributed by atoms with van der Waals surface area (Å²) in [6, 6.07) is 6.79. The fourth-order valence-corrected chi connectivity index (χ4v) is 3.73. The van der Waals surface area contributed by atoms with Gasteiger partial charge >= 0.3 is 6.18 Å². The summed E-state index contributed by atoms with van der Waals surface area (Å²) in [5.41, 5.74) is 3.07. The van der Waals surface area contributed by atoms with Gasteiger partial charge in [-0.2, -0.15) is 13.2 Å². The predicted octanol–water partition coefficient (Wildman–Crippen LogP) is 4.54. The van der Waals surface area contributed by atoms with Gasteiger partial charge in [0.2, 0.25) is 5.91 Å². The Morgan fingerprint density at radius 2 is 1.91 bits per heavy atom. The van der Waals surface area contributed by atoms with Gasteiger partial charge in [-0.1, -0.05) is 19.9 Å². The van der Waals surface area contributed by atoms with E-state index >= 15 is 4.39 Å². The van der Waals surface area contributed by atoms with Crippen molar-refractivity contribution in [3.8, 4) is 11.1 Å². The number of morpholine rings is 1. The number of aromatic nitrogens is 1. The molecule has 0 unspecified atom stereocenters. The third kappa shape index (κ3) is 5.38. The fraction of sp³-hybridized carbons (Fsp3) is 0.478. The summed E-state index contributed by atoms with van der Waals surface area (Å²) in [6.07, 6.45) is -6.51. The van der Waals surface area contributed by atoms with Crippen LogP contribution in [0.4, 0.5) is 23.2 Å². The van der Waals surface area contributed by atoms with Crippen molar-refractivity contribution in [2.75, 3.05) is 24.6 Å². The molecule has 0 spiro atoms. The summed E-state index contributed by atoms with van der Waals surface area (Å²) in [6.45, 7) is 6.50. The lowest BCUT2D eigenvalue weighted by molar-refractivity contribution is -0.221. The molecule has 2 heterocycles. The van der Waals surface area contributed by atoms with E-state index in [2.05, 4.69) is 10.3 Å². The summed E-state index contributed by atoms with van der Waals surface area (Å²) >= 11 is 0. The van der Waals surface area contributed by atoms with E-state index in [9.17, 15) is 18.0 Å². The number of carbonyl (C=O) groups excluding carboxylic acids is 1. The molecule has 1 fully saturated rings. The number of anilines is 1. The number of carbonyl (C=O) groups is 1. The number of pyridine rings is 1. The van der Waals surface area contributed by atoms with E-state index in [4.69, 9.17) is 4.74 Å². The molecule has 9 heteroatoms. The van der Waals surface area contributed by atoms with Crippen LogP contribution >= 0.6 is 0 Å². The van der Waals surface area contributed by atoms with Gasteiger partial charge in [-0.15, -0.1) is 0 Å². The summed E-state index contributed by atoms with van der Waals surface area (Å²) in [7, 11) is 0. The van der Waals surface area contributed by atoms with Crippen LogP contribution in [-0.4, -0.2) is 42.9 Å².